The van der Waals surface area contributed by atoms with E-state index in [2.05, 4.69) is 15.5 Å². The van der Waals surface area contributed by atoms with Gasteiger partial charge in [-0.25, -0.2) is 4.79 Å². The van der Waals surface area contributed by atoms with Gasteiger partial charge in [0, 0.05) is 32.3 Å². The molecule has 27 heavy (non-hydrogen) atoms. The Balaban J connectivity index is 1.42. The highest BCUT2D eigenvalue weighted by Crippen LogP contribution is 2.36. The van der Waals surface area contributed by atoms with Crippen LogP contribution in [0.4, 0.5) is 4.79 Å². The minimum atomic E-state index is -0.0905. The number of carbonyl (C=O) groups is 1. The molecular formula is C18H22N4O5. The number of hydrogen-bond acceptors (Lipinski definition) is 7. The summed E-state index contributed by atoms with van der Waals surface area (Å²) >= 11 is 0. The summed E-state index contributed by atoms with van der Waals surface area (Å²) in [5.41, 5.74) is 0.781. The normalized spacial score (nSPS) is 18.6. The number of likely N-dealkylation sites (tertiary alicyclic amines) is 1. The van der Waals surface area contributed by atoms with Gasteiger partial charge in [0.15, 0.2) is 11.5 Å². The van der Waals surface area contributed by atoms with Crippen LogP contribution in [-0.2, 0) is 4.74 Å². The van der Waals surface area contributed by atoms with Crippen molar-refractivity contribution in [1.82, 2.24) is 20.4 Å². The number of methoxy groups -OCH3 is 1. The van der Waals surface area contributed by atoms with E-state index in [4.69, 9.17) is 18.6 Å². The van der Waals surface area contributed by atoms with E-state index < -0.39 is 0 Å². The molecule has 2 aliphatic heterocycles. The summed E-state index contributed by atoms with van der Waals surface area (Å²) in [5, 5.41) is 11.2. The van der Waals surface area contributed by atoms with Crippen LogP contribution in [0.5, 0.6) is 11.5 Å². The topological polar surface area (TPSA) is 99.0 Å². The quantitative estimate of drug-likeness (QED) is 0.799. The molecule has 1 aromatic heterocycles. The van der Waals surface area contributed by atoms with Crippen LogP contribution in [0.15, 0.2) is 22.6 Å². The largest absolute Gasteiger partial charge is 0.454 e. The monoisotopic (exact) mass is 374 g/mol. The van der Waals surface area contributed by atoms with E-state index in [-0.39, 0.29) is 18.7 Å². The third-order valence-electron chi connectivity index (χ3n) is 4.70. The molecule has 1 N–H and O–H groups in total. The number of benzene rings is 1. The van der Waals surface area contributed by atoms with Crippen molar-refractivity contribution in [2.75, 3.05) is 40.1 Å². The molecule has 1 saturated heterocycles. The Morgan fingerprint density at radius 3 is 3.11 bits per heavy atom. The Bertz CT molecular complexity index is 809. The van der Waals surface area contributed by atoms with Gasteiger partial charge in [0.1, 0.15) is 0 Å². The highest BCUT2D eigenvalue weighted by Gasteiger charge is 2.28. The molecule has 2 amide bonds. The Hall–Kier alpha value is -2.81. The van der Waals surface area contributed by atoms with E-state index in [1.165, 1.54) is 0 Å². The van der Waals surface area contributed by atoms with Gasteiger partial charge >= 0.3 is 6.03 Å². The van der Waals surface area contributed by atoms with Crippen LogP contribution in [0, 0.1) is 0 Å². The predicted octanol–water partition coefficient (Wildman–Crippen LogP) is 2.00. The lowest BCUT2D eigenvalue weighted by atomic mass is 9.98. The lowest BCUT2D eigenvalue weighted by Crippen LogP contribution is -2.45. The second-order valence-electron chi connectivity index (χ2n) is 6.52. The molecule has 0 aliphatic carbocycles. The first-order valence-electron chi connectivity index (χ1n) is 8.99. The summed E-state index contributed by atoms with van der Waals surface area (Å²) in [5.74, 6) is 2.40. The van der Waals surface area contributed by atoms with Crippen molar-refractivity contribution < 1.29 is 23.4 Å². The highest BCUT2D eigenvalue weighted by molar-refractivity contribution is 5.74. The zero-order valence-corrected chi connectivity index (χ0v) is 15.1. The average molecular weight is 374 g/mol. The van der Waals surface area contributed by atoms with Gasteiger partial charge in [-0.05, 0) is 31.0 Å². The van der Waals surface area contributed by atoms with Gasteiger partial charge in [0.2, 0.25) is 18.6 Å². The molecule has 1 unspecified atom stereocenters. The number of piperidine rings is 1. The van der Waals surface area contributed by atoms with Crippen LogP contribution in [0.1, 0.15) is 24.7 Å². The molecule has 0 radical (unpaired) electrons. The number of nitrogens with one attached hydrogen (secondary N) is 1. The Morgan fingerprint density at radius 2 is 2.22 bits per heavy atom. The first kappa shape index (κ1) is 17.6. The molecule has 0 saturated carbocycles. The number of urea groups is 1. The summed E-state index contributed by atoms with van der Waals surface area (Å²) in [6.07, 6.45) is 1.80. The molecular weight excluding hydrogens is 352 g/mol. The smallest absolute Gasteiger partial charge is 0.317 e. The number of fused-ring (bicyclic) bond motifs is 1. The summed E-state index contributed by atoms with van der Waals surface area (Å²) in [4.78, 5) is 14.0. The fourth-order valence-corrected chi connectivity index (χ4v) is 3.28. The fourth-order valence-electron chi connectivity index (χ4n) is 3.28. The van der Waals surface area contributed by atoms with E-state index >= 15 is 0 Å². The zero-order valence-electron chi connectivity index (χ0n) is 15.1. The van der Waals surface area contributed by atoms with E-state index in [1.54, 1.807) is 12.0 Å². The SMILES string of the molecule is COCCNC(=O)N1CCCC(c2nnc(-c3ccc4c(c3)OCO4)o2)C1. The van der Waals surface area contributed by atoms with Gasteiger partial charge in [-0.2, -0.15) is 0 Å². The number of rotatable bonds is 5. The zero-order chi connectivity index (χ0) is 18.6. The Morgan fingerprint density at radius 1 is 1.33 bits per heavy atom. The van der Waals surface area contributed by atoms with Gasteiger partial charge in [-0.1, -0.05) is 0 Å². The molecule has 3 heterocycles. The molecule has 9 heteroatoms. The van der Waals surface area contributed by atoms with Gasteiger partial charge in [-0.15, -0.1) is 10.2 Å². The Kier molecular flexibility index (Phi) is 5.10. The summed E-state index contributed by atoms with van der Waals surface area (Å²) in [6.45, 7) is 2.48. The van der Waals surface area contributed by atoms with Crippen LogP contribution < -0.4 is 14.8 Å². The average Bonchev–Trinajstić information content (AvgIpc) is 3.37. The molecule has 1 fully saturated rings. The van der Waals surface area contributed by atoms with E-state index in [0.29, 0.717) is 43.0 Å². The third kappa shape index (κ3) is 3.82. The van der Waals surface area contributed by atoms with Crippen molar-refractivity contribution in [3.63, 3.8) is 0 Å². The van der Waals surface area contributed by atoms with Crippen molar-refractivity contribution in [1.29, 1.82) is 0 Å². The first-order chi connectivity index (χ1) is 13.2. The van der Waals surface area contributed by atoms with Gasteiger partial charge in [-0.3, -0.25) is 0 Å². The van der Waals surface area contributed by atoms with E-state index in [1.807, 2.05) is 18.2 Å². The van der Waals surface area contributed by atoms with Crippen molar-refractivity contribution in [2.45, 2.75) is 18.8 Å². The van der Waals surface area contributed by atoms with E-state index in [0.717, 1.165) is 24.9 Å². The van der Waals surface area contributed by atoms with Crippen LogP contribution in [0.2, 0.25) is 0 Å². The molecule has 2 aromatic rings. The summed E-state index contributed by atoms with van der Waals surface area (Å²) in [7, 11) is 1.61. The van der Waals surface area contributed by atoms with Crippen molar-refractivity contribution in [3.8, 4) is 23.0 Å². The first-order valence-corrected chi connectivity index (χ1v) is 8.99. The predicted molar refractivity (Wildman–Crippen MR) is 94.7 cm³/mol. The standard InChI is InChI=1S/C18H22N4O5/c1-24-8-6-19-18(23)22-7-2-3-13(10-22)17-21-20-16(27-17)12-4-5-14-15(9-12)26-11-25-14/h4-5,9,13H,2-3,6-8,10-11H2,1H3,(H,19,23). The minimum absolute atomic E-state index is 0.0298. The van der Waals surface area contributed by atoms with Crippen molar-refractivity contribution in [2.24, 2.45) is 0 Å². The maximum absolute atomic E-state index is 12.3. The molecule has 9 nitrogen and oxygen atoms in total. The van der Waals surface area contributed by atoms with E-state index in [9.17, 15) is 4.79 Å². The molecule has 1 aromatic carbocycles. The minimum Gasteiger partial charge on any atom is -0.454 e. The summed E-state index contributed by atoms with van der Waals surface area (Å²) < 4.78 is 21.6. The Labute approximate surface area is 156 Å². The lowest BCUT2D eigenvalue weighted by molar-refractivity contribution is 0.164. The summed E-state index contributed by atoms with van der Waals surface area (Å²) in [6, 6.07) is 5.43. The molecule has 4 rings (SSSR count). The number of aromatic nitrogens is 2. The number of hydrogen-bond donors (Lipinski definition) is 1. The van der Waals surface area contributed by atoms with Crippen LogP contribution in [0.25, 0.3) is 11.5 Å². The second-order valence-corrected chi connectivity index (χ2v) is 6.52. The lowest BCUT2D eigenvalue weighted by Gasteiger charge is -2.31. The fraction of sp³-hybridized carbons (Fsp3) is 0.500. The number of carbonyl (C=O) groups excluding carboxylic acids is 1. The molecule has 144 valence electrons. The van der Waals surface area contributed by atoms with Crippen LogP contribution in [0.3, 0.4) is 0 Å². The number of amides is 2. The molecule has 0 bridgehead atoms. The van der Waals surface area contributed by atoms with Gasteiger partial charge in [0.05, 0.1) is 12.5 Å². The number of ether oxygens (including phenoxy) is 3. The second kappa shape index (κ2) is 7.83. The van der Waals surface area contributed by atoms with Crippen molar-refractivity contribution >= 4 is 6.03 Å². The van der Waals surface area contributed by atoms with Crippen LogP contribution >= 0.6 is 0 Å². The third-order valence-corrected chi connectivity index (χ3v) is 4.70. The van der Waals surface area contributed by atoms with Crippen molar-refractivity contribution in [3.05, 3.63) is 24.1 Å². The highest BCUT2D eigenvalue weighted by atomic mass is 16.7. The van der Waals surface area contributed by atoms with Crippen LogP contribution in [-0.4, -0.2) is 61.3 Å². The molecule has 0 spiro atoms. The number of nitrogens with zero attached hydrogens (tertiary/aromatic N) is 3. The van der Waals surface area contributed by atoms with Gasteiger partial charge in [0.25, 0.3) is 0 Å². The maximum atomic E-state index is 12.3. The van der Waals surface area contributed by atoms with Gasteiger partial charge < -0.3 is 28.8 Å². The molecule has 2 aliphatic rings. The molecule has 1 atom stereocenters. The maximum Gasteiger partial charge on any atom is 0.317 e.